The van der Waals surface area contributed by atoms with Crippen LogP contribution in [0.2, 0.25) is 0 Å². The van der Waals surface area contributed by atoms with Crippen LogP contribution in [0.5, 0.6) is 0 Å². The second kappa shape index (κ2) is 5.92. The second-order valence-electron chi connectivity index (χ2n) is 5.36. The molecular formula is C16H17N3O3S. The van der Waals surface area contributed by atoms with Gasteiger partial charge in [0.15, 0.2) is 0 Å². The summed E-state index contributed by atoms with van der Waals surface area (Å²) < 4.78 is 27.4. The van der Waals surface area contributed by atoms with Crippen molar-refractivity contribution >= 4 is 27.4 Å². The first-order valence-corrected chi connectivity index (χ1v) is 8.69. The molecule has 1 aliphatic heterocycles. The molecule has 2 aromatic rings. The lowest BCUT2D eigenvalue weighted by atomic mass is 10.2. The highest BCUT2D eigenvalue weighted by atomic mass is 32.2. The van der Waals surface area contributed by atoms with E-state index in [4.69, 9.17) is 0 Å². The Labute approximate surface area is 135 Å². The van der Waals surface area contributed by atoms with Gasteiger partial charge in [0.25, 0.3) is 10.0 Å². The first kappa shape index (κ1) is 15.4. The van der Waals surface area contributed by atoms with E-state index in [9.17, 15) is 13.2 Å². The number of hydrogen-bond acceptors (Lipinski definition) is 3. The summed E-state index contributed by atoms with van der Waals surface area (Å²) in [6.45, 7) is 2.98. The molecule has 2 amide bonds. The fraction of sp³-hybridized carbons (Fsp3) is 0.188. The van der Waals surface area contributed by atoms with Crippen LogP contribution in [-0.4, -0.2) is 27.5 Å². The molecule has 6 nitrogen and oxygen atoms in total. The molecule has 23 heavy (non-hydrogen) atoms. The van der Waals surface area contributed by atoms with Gasteiger partial charge in [0.05, 0.1) is 10.6 Å². The molecule has 3 rings (SSSR count). The van der Waals surface area contributed by atoms with E-state index < -0.39 is 10.0 Å². The van der Waals surface area contributed by atoms with E-state index in [1.807, 2.05) is 13.0 Å². The minimum atomic E-state index is -3.66. The lowest BCUT2D eigenvalue weighted by Gasteiger charge is -2.16. The normalized spacial score (nSPS) is 14.7. The SMILES string of the molecule is Cc1cccc(S(=O)(=O)Nc2cccc(N3CCNC3=O)c2)c1. The zero-order valence-corrected chi connectivity index (χ0v) is 13.4. The molecule has 0 saturated carbocycles. The number of aryl methyl sites for hydroxylation is 1. The molecule has 0 bridgehead atoms. The first-order valence-electron chi connectivity index (χ1n) is 7.21. The van der Waals surface area contributed by atoms with Crippen LogP contribution in [0.4, 0.5) is 16.2 Å². The van der Waals surface area contributed by atoms with Crippen LogP contribution in [0, 0.1) is 6.92 Å². The molecule has 0 unspecified atom stereocenters. The third kappa shape index (κ3) is 3.29. The van der Waals surface area contributed by atoms with Crippen molar-refractivity contribution in [3.05, 3.63) is 54.1 Å². The van der Waals surface area contributed by atoms with Crippen LogP contribution in [0.15, 0.2) is 53.4 Å². The van der Waals surface area contributed by atoms with Crippen LogP contribution in [0.25, 0.3) is 0 Å². The molecule has 1 fully saturated rings. The summed E-state index contributed by atoms with van der Waals surface area (Å²) in [7, 11) is -3.66. The Kier molecular flexibility index (Phi) is 3.96. The zero-order valence-electron chi connectivity index (χ0n) is 12.6. The number of anilines is 2. The number of hydrogen-bond donors (Lipinski definition) is 2. The lowest BCUT2D eigenvalue weighted by Crippen LogP contribution is -2.27. The zero-order chi connectivity index (χ0) is 16.4. The van der Waals surface area contributed by atoms with Gasteiger partial charge < -0.3 is 5.32 Å². The van der Waals surface area contributed by atoms with E-state index in [0.717, 1.165) is 5.56 Å². The standard InChI is InChI=1S/C16H17N3O3S/c1-12-4-2-7-15(10-12)23(21,22)18-13-5-3-6-14(11-13)19-9-8-17-16(19)20/h2-7,10-11,18H,8-9H2,1H3,(H,17,20). The summed E-state index contributed by atoms with van der Waals surface area (Å²) in [5.41, 5.74) is 1.95. The Morgan fingerprint density at radius 1 is 1.13 bits per heavy atom. The highest BCUT2D eigenvalue weighted by Crippen LogP contribution is 2.23. The molecule has 0 aliphatic carbocycles. The molecule has 2 aromatic carbocycles. The van der Waals surface area contributed by atoms with Gasteiger partial charge in [0.1, 0.15) is 0 Å². The molecule has 0 spiro atoms. The van der Waals surface area contributed by atoms with Gasteiger partial charge in [-0.3, -0.25) is 9.62 Å². The summed E-state index contributed by atoms with van der Waals surface area (Å²) in [6, 6.07) is 13.3. The summed E-state index contributed by atoms with van der Waals surface area (Å²) >= 11 is 0. The maximum Gasteiger partial charge on any atom is 0.321 e. The molecule has 7 heteroatoms. The van der Waals surface area contributed by atoms with Gasteiger partial charge in [-0.1, -0.05) is 18.2 Å². The number of nitrogens with zero attached hydrogens (tertiary/aromatic N) is 1. The van der Waals surface area contributed by atoms with Gasteiger partial charge in [-0.05, 0) is 42.8 Å². The number of sulfonamides is 1. The smallest absolute Gasteiger partial charge is 0.321 e. The fourth-order valence-electron chi connectivity index (χ4n) is 2.45. The number of benzene rings is 2. The predicted octanol–water partition coefficient (Wildman–Crippen LogP) is 2.33. The van der Waals surface area contributed by atoms with E-state index in [-0.39, 0.29) is 10.9 Å². The lowest BCUT2D eigenvalue weighted by molar-refractivity contribution is 0.252. The van der Waals surface area contributed by atoms with Crippen molar-refractivity contribution in [2.24, 2.45) is 0 Å². The number of rotatable bonds is 4. The van der Waals surface area contributed by atoms with Gasteiger partial charge in [0.2, 0.25) is 0 Å². The summed E-state index contributed by atoms with van der Waals surface area (Å²) in [5, 5.41) is 2.72. The Morgan fingerprint density at radius 2 is 1.91 bits per heavy atom. The van der Waals surface area contributed by atoms with E-state index in [1.54, 1.807) is 47.4 Å². The number of urea groups is 1. The Bertz CT molecular complexity index is 849. The van der Waals surface area contributed by atoms with Crippen molar-refractivity contribution in [2.75, 3.05) is 22.7 Å². The van der Waals surface area contributed by atoms with E-state index in [0.29, 0.717) is 24.5 Å². The number of amides is 2. The number of carbonyl (C=O) groups excluding carboxylic acids is 1. The molecular weight excluding hydrogens is 314 g/mol. The average molecular weight is 331 g/mol. The van der Waals surface area contributed by atoms with Crippen molar-refractivity contribution in [3.8, 4) is 0 Å². The molecule has 1 heterocycles. The monoisotopic (exact) mass is 331 g/mol. The second-order valence-corrected chi connectivity index (χ2v) is 7.04. The minimum absolute atomic E-state index is 0.177. The molecule has 0 atom stereocenters. The third-order valence-corrected chi connectivity index (χ3v) is 4.95. The van der Waals surface area contributed by atoms with Crippen LogP contribution in [0.1, 0.15) is 5.56 Å². The summed E-state index contributed by atoms with van der Waals surface area (Å²) in [6.07, 6.45) is 0. The Balaban J connectivity index is 1.87. The van der Waals surface area contributed by atoms with Gasteiger partial charge in [-0.15, -0.1) is 0 Å². The Hall–Kier alpha value is -2.54. The topological polar surface area (TPSA) is 78.5 Å². The molecule has 1 aliphatic rings. The number of carbonyl (C=O) groups is 1. The van der Waals surface area contributed by atoms with E-state index in [1.165, 1.54) is 0 Å². The van der Waals surface area contributed by atoms with E-state index in [2.05, 4.69) is 10.0 Å². The van der Waals surface area contributed by atoms with Crippen molar-refractivity contribution in [3.63, 3.8) is 0 Å². The van der Waals surface area contributed by atoms with E-state index >= 15 is 0 Å². The largest absolute Gasteiger partial charge is 0.336 e. The molecule has 120 valence electrons. The van der Waals surface area contributed by atoms with Gasteiger partial charge in [0, 0.05) is 18.8 Å². The summed E-state index contributed by atoms with van der Waals surface area (Å²) in [5.74, 6) is 0. The third-order valence-electron chi connectivity index (χ3n) is 3.57. The highest BCUT2D eigenvalue weighted by Gasteiger charge is 2.22. The number of nitrogens with one attached hydrogen (secondary N) is 2. The quantitative estimate of drug-likeness (QED) is 0.902. The van der Waals surface area contributed by atoms with Crippen molar-refractivity contribution in [1.29, 1.82) is 0 Å². The average Bonchev–Trinajstić information content (AvgIpc) is 2.93. The predicted molar refractivity (Wildman–Crippen MR) is 89.2 cm³/mol. The molecule has 0 radical (unpaired) electrons. The van der Waals surface area contributed by atoms with Gasteiger partial charge >= 0.3 is 6.03 Å². The van der Waals surface area contributed by atoms with Crippen molar-refractivity contribution in [1.82, 2.24) is 5.32 Å². The van der Waals surface area contributed by atoms with Gasteiger partial charge in [-0.25, -0.2) is 13.2 Å². The van der Waals surface area contributed by atoms with Crippen LogP contribution in [0.3, 0.4) is 0 Å². The maximum absolute atomic E-state index is 12.4. The fourth-order valence-corrected chi connectivity index (χ4v) is 3.61. The molecule has 2 N–H and O–H groups in total. The van der Waals surface area contributed by atoms with Gasteiger partial charge in [-0.2, -0.15) is 0 Å². The van der Waals surface area contributed by atoms with Crippen molar-refractivity contribution in [2.45, 2.75) is 11.8 Å². The summed E-state index contributed by atoms with van der Waals surface area (Å²) in [4.78, 5) is 13.5. The molecule has 0 aromatic heterocycles. The van der Waals surface area contributed by atoms with Crippen LogP contribution >= 0.6 is 0 Å². The Morgan fingerprint density at radius 3 is 2.61 bits per heavy atom. The van der Waals surface area contributed by atoms with Crippen molar-refractivity contribution < 1.29 is 13.2 Å². The molecule has 1 saturated heterocycles. The van der Waals surface area contributed by atoms with Crippen LogP contribution < -0.4 is 14.9 Å². The minimum Gasteiger partial charge on any atom is -0.336 e. The van der Waals surface area contributed by atoms with Crippen LogP contribution in [-0.2, 0) is 10.0 Å². The highest BCUT2D eigenvalue weighted by molar-refractivity contribution is 7.92. The first-order chi connectivity index (χ1) is 11.0. The maximum atomic E-state index is 12.4.